The van der Waals surface area contributed by atoms with E-state index >= 15 is 0 Å². The summed E-state index contributed by atoms with van der Waals surface area (Å²) in [5, 5.41) is 2.87. The Kier molecular flexibility index (Phi) is 5.89. The Morgan fingerprint density at radius 2 is 1.84 bits per heavy atom. The molecule has 10 nitrogen and oxygen atoms in total. The largest absolute Gasteiger partial charge is 0.378 e. The molecule has 1 aliphatic heterocycles. The van der Waals surface area contributed by atoms with Crippen molar-refractivity contribution in [2.24, 2.45) is 0 Å². The SMILES string of the molecule is CN(C)C(=O)CNc1nc(N2CCOCC2)nc(-n2c(C(F)F)nc3ccccc32)n1. The number of morpholine rings is 1. The number of halogens is 2. The standard InChI is InChI=1S/C19H22F2N8O2/c1-27(2)14(30)11-22-17-24-18(28-7-9-31-10-8-28)26-19(25-17)29-13-6-4-3-5-12(13)23-16(29)15(20)21/h3-6,15H,7-11H2,1-2H3,(H,22,24,25,26). The number of hydrogen-bond donors (Lipinski definition) is 1. The zero-order valence-corrected chi connectivity index (χ0v) is 17.1. The number of ether oxygens (including phenoxy) is 1. The number of nitrogens with one attached hydrogen (secondary N) is 1. The van der Waals surface area contributed by atoms with Crippen molar-refractivity contribution < 1.29 is 18.3 Å². The number of alkyl halides is 2. The number of rotatable bonds is 6. The van der Waals surface area contributed by atoms with Crippen LogP contribution in [0.2, 0.25) is 0 Å². The summed E-state index contributed by atoms with van der Waals surface area (Å²) < 4.78 is 34.2. The topological polar surface area (TPSA) is 101 Å². The minimum Gasteiger partial charge on any atom is -0.378 e. The maximum Gasteiger partial charge on any atom is 0.296 e. The maximum absolute atomic E-state index is 13.8. The molecular weight excluding hydrogens is 410 g/mol. The molecule has 1 fully saturated rings. The fourth-order valence-electron chi connectivity index (χ4n) is 3.15. The lowest BCUT2D eigenvalue weighted by Crippen LogP contribution is -2.38. The van der Waals surface area contributed by atoms with Gasteiger partial charge in [-0.15, -0.1) is 0 Å². The van der Waals surface area contributed by atoms with Crippen molar-refractivity contribution >= 4 is 28.8 Å². The van der Waals surface area contributed by atoms with Gasteiger partial charge in [0, 0.05) is 27.2 Å². The molecule has 3 aromatic rings. The van der Waals surface area contributed by atoms with Gasteiger partial charge in [0.1, 0.15) is 0 Å². The van der Waals surface area contributed by atoms with Crippen molar-refractivity contribution in [3.63, 3.8) is 0 Å². The molecular formula is C19H22F2N8O2. The predicted octanol–water partition coefficient (Wildman–Crippen LogP) is 1.48. The van der Waals surface area contributed by atoms with E-state index in [1.54, 1.807) is 38.4 Å². The van der Waals surface area contributed by atoms with Crippen LogP contribution in [0, 0.1) is 0 Å². The summed E-state index contributed by atoms with van der Waals surface area (Å²) in [5.41, 5.74) is 0.857. The van der Waals surface area contributed by atoms with Crippen LogP contribution in [0.5, 0.6) is 0 Å². The van der Waals surface area contributed by atoms with Crippen molar-refractivity contribution in [3.8, 4) is 5.95 Å². The summed E-state index contributed by atoms with van der Waals surface area (Å²) in [4.78, 5) is 32.5. The summed E-state index contributed by atoms with van der Waals surface area (Å²) in [6.45, 7) is 2.04. The molecule has 2 aromatic heterocycles. The number of para-hydroxylation sites is 2. The lowest BCUT2D eigenvalue weighted by molar-refractivity contribution is -0.126. The Bertz CT molecular complexity index is 1080. The third-order valence-electron chi connectivity index (χ3n) is 4.78. The van der Waals surface area contributed by atoms with Crippen LogP contribution in [-0.2, 0) is 9.53 Å². The molecule has 3 heterocycles. The van der Waals surface area contributed by atoms with E-state index in [0.29, 0.717) is 43.3 Å². The van der Waals surface area contributed by atoms with Gasteiger partial charge in [-0.05, 0) is 12.1 Å². The molecule has 0 atom stereocenters. The van der Waals surface area contributed by atoms with E-state index in [9.17, 15) is 13.6 Å². The predicted molar refractivity (Wildman–Crippen MR) is 110 cm³/mol. The van der Waals surface area contributed by atoms with E-state index < -0.39 is 12.2 Å². The van der Waals surface area contributed by atoms with E-state index in [2.05, 4.69) is 25.3 Å². The van der Waals surface area contributed by atoms with Crippen LogP contribution in [0.15, 0.2) is 24.3 Å². The molecule has 164 valence electrons. The van der Waals surface area contributed by atoms with Gasteiger partial charge in [-0.2, -0.15) is 15.0 Å². The number of carbonyl (C=O) groups excluding carboxylic acids is 1. The van der Waals surface area contributed by atoms with E-state index in [0.717, 1.165) is 0 Å². The van der Waals surface area contributed by atoms with Gasteiger partial charge in [-0.3, -0.25) is 9.36 Å². The minimum absolute atomic E-state index is 0.000272. The molecule has 0 radical (unpaired) electrons. The number of likely N-dealkylation sites (N-methyl/N-ethyl adjacent to an activating group) is 1. The van der Waals surface area contributed by atoms with Gasteiger partial charge in [0.25, 0.3) is 6.43 Å². The first-order valence-electron chi connectivity index (χ1n) is 9.72. The number of carbonyl (C=O) groups is 1. The maximum atomic E-state index is 13.8. The lowest BCUT2D eigenvalue weighted by atomic mass is 10.3. The third kappa shape index (κ3) is 4.38. The second-order valence-electron chi connectivity index (χ2n) is 7.09. The van der Waals surface area contributed by atoms with Gasteiger partial charge < -0.3 is 19.9 Å². The lowest BCUT2D eigenvalue weighted by Gasteiger charge is -2.27. The van der Waals surface area contributed by atoms with Crippen LogP contribution in [0.1, 0.15) is 12.2 Å². The molecule has 0 saturated carbocycles. The summed E-state index contributed by atoms with van der Waals surface area (Å²) in [6.07, 6.45) is -2.83. The molecule has 4 rings (SSSR count). The molecule has 1 amide bonds. The fourth-order valence-corrected chi connectivity index (χ4v) is 3.15. The van der Waals surface area contributed by atoms with E-state index in [-0.39, 0.29) is 24.3 Å². The zero-order chi connectivity index (χ0) is 22.0. The van der Waals surface area contributed by atoms with Crippen LogP contribution in [-0.4, -0.2) is 82.3 Å². The van der Waals surface area contributed by atoms with Crippen LogP contribution in [0.4, 0.5) is 20.7 Å². The van der Waals surface area contributed by atoms with Gasteiger partial charge in [-0.1, -0.05) is 12.1 Å². The number of fused-ring (bicyclic) bond motifs is 1. The van der Waals surface area contributed by atoms with Crippen LogP contribution >= 0.6 is 0 Å². The smallest absolute Gasteiger partial charge is 0.296 e. The second kappa shape index (κ2) is 8.76. The van der Waals surface area contributed by atoms with Gasteiger partial charge in [0.2, 0.25) is 23.8 Å². The highest BCUT2D eigenvalue weighted by molar-refractivity contribution is 5.80. The monoisotopic (exact) mass is 432 g/mol. The molecule has 1 aromatic carbocycles. The zero-order valence-electron chi connectivity index (χ0n) is 17.1. The van der Waals surface area contributed by atoms with Crippen LogP contribution in [0.3, 0.4) is 0 Å². The van der Waals surface area contributed by atoms with Crippen molar-refractivity contribution in [3.05, 3.63) is 30.1 Å². The van der Waals surface area contributed by atoms with Crippen LogP contribution < -0.4 is 10.2 Å². The number of aromatic nitrogens is 5. The number of nitrogens with zero attached hydrogens (tertiary/aromatic N) is 7. The molecule has 1 N–H and O–H groups in total. The Morgan fingerprint density at radius 1 is 1.13 bits per heavy atom. The van der Waals surface area contributed by atoms with E-state index in [1.807, 2.05) is 4.90 Å². The molecule has 1 saturated heterocycles. The highest BCUT2D eigenvalue weighted by atomic mass is 19.3. The molecule has 12 heteroatoms. The second-order valence-corrected chi connectivity index (χ2v) is 7.09. The summed E-state index contributed by atoms with van der Waals surface area (Å²) in [7, 11) is 3.27. The fraction of sp³-hybridized carbons (Fsp3) is 0.421. The Labute approximate surface area is 176 Å². The quantitative estimate of drug-likeness (QED) is 0.625. The number of anilines is 2. The molecule has 0 aliphatic carbocycles. The van der Waals surface area contributed by atoms with Gasteiger partial charge >= 0.3 is 0 Å². The molecule has 0 spiro atoms. The Morgan fingerprint density at radius 3 is 2.55 bits per heavy atom. The molecule has 0 bridgehead atoms. The number of benzene rings is 1. The molecule has 0 unspecified atom stereocenters. The van der Waals surface area contributed by atoms with Gasteiger partial charge in [0.05, 0.1) is 30.8 Å². The highest BCUT2D eigenvalue weighted by Crippen LogP contribution is 2.27. The van der Waals surface area contributed by atoms with Gasteiger partial charge in [0.15, 0.2) is 5.82 Å². The van der Waals surface area contributed by atoms with E-state index in [1.165, 1.54) is 9.47 Å². The normalized spacial score (nSPS) is 14.3. The first-order chi connectivity index (χ1) is 14.9. The van der Waals surface area contributed by atoms with Gasteiger partial charge in [-0.25, -0.2) is 13.8 Å². The molecule has 31 heavy (non-hydrogen) atoms. The van der Waals surface area contributed by atoms with Crippen LogP contribution in [0.25, 0.3) is 17.0 Å². The summed E-state index contributed by atoms with van der Waals surface area (Å²) in [6, 6.07) is 6.78. The van der Waals surface area contributed by atoms with Crippen molar-refractivity contribution in [2.45, 2.75) is 6.43 Å². The number of amides is 1. The Hall–Kier alpha value is -3.41. The number of imidazole rings is 1. The van der Waals surface area contributed by atoms with Crippen molar-refractivity contribution in [1.29, 1.82) is 0 Å². The average molecular weight is 432 g/mol. The van der Waals surface area contributed by atoms with E-state index in [4.69, 9.17) is 4.74 Å². The Balaban J connectivity index is 1.81. The van der Waals surface area contributed by atoms with Crippen molar-refractivity contribution in [2.75, 3.05) is 57.2 Å². The first kappa shape index (κ1) is 20.8. The highest BCUT2D eigenvalue weighted by Gasteiger charge is 2.24. The van der Waals surface area contributed by atoms with Crippen molar-refractivity contribution in [1.82, 2.24) is 29.4 Å². The minimum atomic E-state index is -2.83. The first-order valence-corrected chi connectivity index (χ1v) is 9.72. The summed E-state index contributed by atoms with van der Waals surface area (Å²) >= 11 is 0. The third-order valence-corrected chi connectivity index (χ3v) is 4.78. The summed E-state index contributed by atoms with van der Waals surface area (Å²) in [5.74, 6) is -0.224. The molecule has 1 aliphatic rings. The average Bonchev–Trinajstić information content (AvgIpc) is 3.18. The number of hydrogen-bond acceptors (Lipinski definition) is 8.